The van der Waals surface area contributed by atoms with E-state index in [2.05, 4.69) is 5.32 Å². The molecule has 1 heterocycles. The third-order valence-corrected chi connectivity index (χ3v) is 4.62. The second-order valence-corrected chi connectivity index (χ2v) is 6.25. The van der Waals surface area contributed by atoms with E-state index in [0.717, 1.165) is 5.39 Å². The first-order chi connectivity index (χ1) is 12.0. The lowest BCUT2D eigenvalue weighted by Gasteiger charge is -2.25. The molecule has 3 atom stereocenters. The van der Waals surface area contributed by atoms with E-state index in [1.807, 2.05) is 43.3 Å². The maximum atomic E-state index is 12.6. The van der Waals surface area contributed by atoms with Crippen LogP contribution in [-0.4, -0.2) is 24.1 Å². The molecular formula is C19H21NO5. The van der Waals surface area contributed by atoms with Crippen LogP contribution in [0.3, 0.4) is 0 Å². The molecule has 1 amide bonds. The average molecular weight is 343 g/mol. The molecule has 1 aliphatic rings. The number of amides is 1. The van der Waals surface area contributed by atoms with Crippen LogP contribution in [0.4, 0.5) is 0 Å². The molecule has 0 bridgehead atoms. The Kier molecular flexibility index (Phi) is 4.79. The van der Waals surface area contributed by atoms with Gasteiger partial charge in [-0.05, 0) is 31.9 Å². The van der Waals surface area contributed by atoms with Crippen molar-refractivity contribution >= 4 is 22.8 Å². The maximum absolute atomic E-state index is 12.6. The lowest BCUT2D eigenvalue weighted by Crippen LogP contribution is -2.39. The van der Waals surface area contributed by atoms with Gasteiger partial charge in [0.1, 0.15) is 5.76 Å². The Balaban J connectivity index is 1.77. The smallest absolute Gasteiger partial charge is 0.307 e. The van der Waals surface area contributed by atoms with Gasteiger partial charge in [-0.15, -0.1) is 0 Å². The van der Waals surface area contributed by atoms with Gasteiger partial charge in [0, 0.05) is 5.39 Å². The number of nitrogens with one attached hydrogen (secondary N) is 1. The van der Waals surface area contributed by atoms with Gasteiger partial charge in [-0.3, -0.25) is 9.59 Å². The van der Waals surface area contributed by atoms with Crippen LogP contribution in [0.1, 0.15) is 31.6 Å². The van der Waals surface area contributed by atoms with Crippen molar-refractivity contribution in [2.45, 2.75) is 25.8 Å². The number of furan rings is 1. The summed E-state index contributed by atoms with van der Waals surface area (Å²) in [5.74, 6) is -1.23. The number of hydrogen-bond acceptors (Lipinski definition) is 4. The van der Waals surface area contributed by atoms with E-state index in [4.69, 9.17) is 9.15 Å². The van der Waals surface area contributed by atoms with Crippen LogP contribution in [0, 0.1) is 11.8 Å². The largest absolute Gasteiger partial charge is 0.493 e. The molecule has 1 aromatic heterocycles. The van der Waals surface area contributed by atoms with Crippen LogP contribution < -0.4 is 10.1 Å². The zero-order chi connectivity index (χ0) is 18.0. The molecule has 0 saturated heterocycles. The molecule has 0 fully saturated rings. The van der Waals surface area contributed by atoms with Gasteiger partial charge in [-0.25, -0.2) is 0 Å². The maximum Gasteiger partial charge on any atom is 0.307 e. The molecular weight excluding hydrogens is 322 g/mol. The number of carbonyl (C=O) groups excluding carboxylic acids is 1. The SMILES string of the molecule is COc1cccc2cc([C@H](C)NC(=O)[C@H]3CC=CC[C@H]3C(=O)O)oc12. The molecule has 0 saturated carbocycles. The Hall–Kier alpha value is -2.76. The number of benzene rings is 1. The lowest BCUT2D eigenvalue weighted by atomic mass is 9.82. The monoisotopic (exact) mass is 343 g/mol. The van der Waals surface area contributed by atoms with Crippen LogP contribution in [0.2, 0.25) is 0 Å². The van der Waals surface area contributed by atoms with Crippen molar-refractivity contribution in [2.24, 2.45) is 11.8 Å². The van der Waals surface area contributed by atoms with Crippen molar-refractivity contribution in [3.8, 4) is 5.75 Å². The molecule has 25 heavy (non-hydrogen) atoms. The molecule has 0 aliphatic heterocycles. The summed E-state index contributed by atoms with van der Waals surface area (Å²) >= 11 is 0. The topological polar surface area (TPSA) is 88.8 Å². The number of rotatable bonds is 5. The Morgan fingerprint density at radius 1 is 1.28 bits per heavy atom. The highest BCUT2D eigenvalue weighted by Gasteiger charge is 2.34. The Morgan fingerprint density at radius 3 is 2.68 bits per heavy atom. The summed E-state index contributed by atoms with van der Waals surface area (Å²) in [4.78, 5) is 23.9. The predicted octanol–water partition coefficient (Wildman–Crippen LogP) is 3.29. The fraction of sp³-hybridized carbons (Fsp3) is 0.368. The fourth-order valence-electron chi connectivity index (χ4n) is 3.20. The molecule has 1 aromatic carbocycles. The average Bonchev–Trinajstić information content (AvgIpc) is 3.06. The van der Waals surface area contributed by atoms with E-state index in [-0.39, 0.29) is 11.9 Å². The number of hydrogen-bond donors (Lipinski definition) is 2. The van der Waals surface area contributed by atoms with Gasteiger partial charge >= 0.3 is 5.97 Å². The minimum Gasteiger partial charge on any atom is -0.493 e. The van der Waals surface area contributed by atoms with Crippen LogP contribution >= 0.6 is 0 Å². The van der Waals surface area contributed by atoms with Gasteiger partial charge in [-0.1, -0.05) is 24.3 Å². The second kappa shape index (κ2) is 7.01. The van der Waals surface area contributed by atoms with Gasteiger partial charge in [-0.2, -0.15) is 0 Å². The molecule has 0 unspecified atom stereocenters. The van der Waals surface area contributed by atoms with Crippen molar-refractivity contribution in [3.05, 3.63) is 42.2 Å². The molecule has 132 valence electrons. The van der Waals surface area contributed by atoms with Crippen LogP contribution in [0.25, 0.3) is 11.0 Å². The number of allylic oxidation sites excluding steroid dienone is 2. The zero-order valence-corrected chi connectivity index (χ0v) is 14.2. The summed E-state index contributed by atoms with van der Waals surface area (Å²) in [6.07, 6.45) is 4.49. The summed E-state index contributed by atoms with van der Waals surface area (Å²) in [6, 6.07) is 7.08. The molecule has 1 aliphatic carbocycles. The van der Waals surface area contributed by atoms with Gasteiger partial charge in [0.15, 0.2) is 11.3 Å². The normalized spacial score (nSPS) is 21.0. The first-order valence-corrected chi connectivity index (χ1v) is 8.26. The fourth-order valence-corrected chi connectivity index (χ4v) is 3.20. The van der Waals surface area contributed by atoms with E-state index in [0.29, 0.717) is 29.9 Å². The third-order valence-electron chi connectivity index (χ3n) is 4.62. The molecule has 2 aromatic rings. The first-order valence-electron chi connectivity index (χ1n) is 8.26. The molecule has 0 spiro atoms. The zero-order valence-electron chi connectivity index (χ0n) is 14.2. The van der Waals surface area contributed by atoms with Crippen molar-refractivity contribution in [2.75, 3.05) is 7.11 Å². The van der Waals surface area contributed by atoms with E-state index < -0.39 is 17.8 Å². The molecule has 6 heteroatoms. The molecule has 2 N–H and O–H groups in total. The molecule has 0 radical (unpaired) electrons. The number of carboxylic acids is 1. The minimum atomic E-state index is -0.939. The molecule has 3 rings (SSSR count). The Bertz CT molecular complexity index is 822. The Labute approximate surface area is 145 Å². The van der Waals surface area contributed by atoms with Gasteiger partial charge < -0.3 is 19.6 Å². The summed E-state index contributed by atoms with van der Waals surface area (Å²) < 4.78 is 11.1. The Morgan fingerprint density at radius 2 is 2.00 bits per heavy atom. The first kappa shape index (κ1) is 17.1. The quantitative estimate of drug-likeness (QED) is 0.813. The highest BCUT2D eigenvalue weighted by Crippen LogP contribution is 2.32. The van der Waals surface area contributed by atoms with Crippen molar-refractivity contribution in [3.63, 3.8) is 0 Å². The number of ether oxygens (including phenoxy) is 1. The van der Waals surface area contributed by atoms with Gasteiger partial charge in [0.05, 0.1) is 25.0 Å². The van der Waals surface area contributed by atoms with Crippen LogP contribution in [-0.2, 0) is 9.59 Å². The number of fused-ring (bicyclic) bond motifs is 1. The number of para-hydroxylation sites is 1. The van der Waals surface area contributed by atoms with E-state index >= 15 is 0 Å². The summed E-state index contributed by atoms with van der Waals surface area (Å²) in [5, 5.41) is 13.1. The number of aliphatic carboxylic acids is 1. The van der Waals surface area contributed by atoms with E-state index in [1.54, 1.807) is 7.11 Å². The molecule has 6 nitrogen and oxygen atoms in total. The number of carbonyl (C=O) groups is 2. The third kappa shape index (κ3) is 3.38. The number of methoxy groups -OCH3 is 1. The number of carboxylic acid groups (broad SMARTS) is 1. The predicted molar refractivity (Wildman–Crippen MR) is 92.3 cm³/mol. The lowest BCUT2D eigenvalue weighted by molar-refractivity contribution is -0.147. The summed E-state index contributed by atoms with van der Waals surface area (Å²) in [7, 11) is 1.57. The van der Waals surface area contributed by atoms with Crippen LogP contribution in [0.15, 0.2) is 40.8 Å². The standard InChI is InChI=1S/C19H21NO5/c1-11(16-10-12-6-5-9-15(24-2)17(12)25-16)20-18(21)13-7-3-4-8-14(13)19(22)23/h3-6,9-11,13-14H,7-8H2,1-2H3,(H,20,21)(H,22,23)/t11-,13-,14+/m0/s1. The summed E-state index contributed by atoms with van der Waals surface area (Å²) in [6.45, 7) is 1.82. The minimum absolute atomic E-state index is 0.267. The summed E-state index contributed by atoms with van der Waals surface area (Å²) in [5.41, 5.74) is 0.630. The van der Waals surface area contributed by atoms with Gasteiger partial charge in [0.25, 0.3) is 0 Å². The highest BCUT2D eigenvalue weighted by molar-refractivity contribution is 5.86. The van der Waals surface area contributed by atoms with Crippen molar-refractivity contribution in [1.29, 1.82) is 0 Å². The van der Waals surface area contributed by atoms with Crippen LogP contribution in [0.5, 0.6) is 5.75 Å². The highest BCUT2D eigenvalue weighted by atomic mass is 16.5. The van der Waals surface area contributed by atoms with E-state index in [9.17, 15) is 14.7 Å². The van der Waals surface area contributed by atoms with E-state index in [1.165, 1.54) is 0 Å². The van der Waals surface area contributed by atoms with Crippen molar-refractivity contribution in [1.82, 2.24) is 5.32 Å². The van der Waals surface area contributed by atoms with Gasteiger partial charge in [0.2, 0.25) is 5.91 Å². The van der Waals surface area contributed by atoms with Crippen molar-refractivity contribution < 1.29 is 23.8 Å². The second-order valence-electron chi connectivity index (χ2n) is 6.25.